The predicted octanol–water partition coefficient (Wildman–Crippen LogP) is 2.25. The van der Waals surface area contributed by atoms with Gasteiger partial charge in [-0.25, -0.2) is 4.79 Å². The SMILES string of the molecule is CNC1CCN(C(=O)NC(C(=O)N2CCCC2C(=O)NC(Cc2ccccc2)C(=O)C(F)(F)F)C(C)C)CC1. The van der Waals surface area contributed by atoms with E-state index in [0.29, 0.717) is 31.1 Å². The number of carbonyl (C=O) groups excluding carboxylic acids is 4. The van der Waals surface area contributed by atoms with Gasteiger partial charge in [-0.05, 0) is 44.2 Å². The summed E-state index contributed by atoms with van der Waals surface area (Å²) >= 11 is 0. The molecule has 0 aliphatic carbocycles. The topological polar surface area (TPSA) is 111 Å². The Kier molecular flexibility index (Phi) is 10.3. The zero-order valence-electron chi connectivity index (χ0n) is 22.6. The van der Waals surface area contributed by atoms with Crippen LogP contribution in [0, 0.1) is 5.92 Å². The molecule has 1 aromatic rings. The van der Waals surface area contributed by atoms with Crippen molar-refractivity contribution in [2.24, 2.45) is 5.92 Å². The van der Waals surface area contributed by atoms with Crippen LogP contribution in [0.15, 0.2) is 30.3 Å². The first-order valence-corrected chi connectivity index (χ1v) is 13.4. The Bertz CT molecular complexity index is 1010. The number of carbonyl (C=O) groups is 4. The van der Waals surface area contributed by atoms with Crippen LogP contribution in [0.5, 0.6) is 0 Å². The fourth-order valence-corrected chi connectivity index (χ4v) is 5.12. The Labute approximate surface area is 226 Å². The zero-order chi connectivity index (χ0) is 28.7. The normalized spacial score (nSPS) is 20.0. The molecule has 2 fully saturated rings. The minimum absolute atomic E-state index is 0.222. The molecule has 2 aliphatic rings. The Morgan fingerprint density at radius 1 is 0.974 bits per heavy atom. The number of likely N-dealkylation sites (tertiary alicyclic amines) is 2. The number of amides is 4. The Morgan fingerprint density at radius 2 is 1.62 bits per heavy atom. The lowest BCUT2D eigenvalue weighted by Gasteiger charge is -2.35. The molecule has 216 valence electrons. The van der Waals surface area contributed by atoms with Crippen molar-refractivity contribution in [3.63, 3.8) is 0 Å². The summed E-state index contributed by atoms with van der Waals surface area (Å²) in [5, 5.41) is 8.27. The van der Waals surface area contributed by atoms with Crippen molar-refractivity contribution in [2.75, 3.05) is 26.7 Å². The molecule has 39 heavy (non-hydrogen) atoms. The summed E-state index contributed by atoms with van der Waals surface area (Å²) < 4.78 is 40.0. The van der Waals surface area contributed by atoms with Crippen LogP contribution in [0.3, 0.4) is 0 Å². The second kappa shape index (κ2) is 13.3. The molecule has 0 radical (unpaired) electrons. The third-order valence-corrected chi connectivity index (χ3v) is 7.44. The van der Waals surface area contributed by atoms with E-state index in [4.69, 9.17) is 0 Å². The number of hydrogen-bond donors (Lipinski definition) is 3. The minimum atomic E-state index is -5.13. The van der Waals surface area contributed by atoms with Gasteiger partial charge in [0.15, 0.2) is 0 Å². The summed E-state index contributed by atoms with van der Waals surface area (Å²) in [6.45, 7) is 4.86. The number of Topliss-reactive ketones (excluding diaryl/α,β-unsaturated/α-hetero) is 1. The van der Waals surface area contributed by atoms with Crippen molar-refractivity contribution >= 4 is 23.6 Å². The van der Waals surface area contributed by atoms with Gasteiger partial charge in [0.25, 0.3) is 5.78 Å². The van der Waals surface area contributed by atoms with Gasteiger partial charge in [-0.1, -0.05) is 44.2 Å². The average molecular weight is 554 g/mol. The van der Waals surface area contributed by atoms with Crippen molar-refractivity contribution < 1.29 is 32.3 Å². The van der Waals surface area contributed by atoms with E-state index in [1.165, 1.54) is 4.90 Å². The first-order chi connectivity index (χ1) is 18.4. The molecule has 12 heteroatoms. The van der Waals surface area contributed by atoms with Crippen molar-refractivity contribution in [2.45, 2.75) is 76.3 Å². The van der Waals surface area contributed by atoms with Crippen LogP contribution >= 0.6 is 0 Å². The van der Waals surface area contributed by atoms with E-state index in [1.54, 1.807) is 49.1 Å². The number of ketones is 1. The third-order valence-electron chi connectivity index (χ3n) is 7.44. The summed E-state index contributed by atoms with van der Waals surface area (Å²) in [5.41, 5.74) is 0.459. The van der Waals surface area contributed by atoms with Crippen molar-refractivity contribution in [3.8, 4) is 0 Å². The van der Waals surface area contributed by atoms with E-state index in [2.05, 4.69) is 16.0 Å². The standard InChI is InChI=1S/C27H38F3N5O4/c1-17(2)22(33-26(39)34-14-11-19(31-3)12-15-34)25(38)35-13-7-10-21(35)24(37)32-20(23(36)27(28,29)30)16-18-8-5-4-6-9-18/h4-6,8-9,17,19-22,31H,7,10-16H2,1-3H3,(H,32,37)(H,33,39). The maximum atomic E-state index is 13.5. The van der Waals surface area contributed by atoms with Gasteiger partial charge in [0.1, 0.15) is 18.1 Å². The van der Waals surface area contributed by atoms with Crippen LogP contribution in [-0.4, -0.2) is 90.5 Å². The number of nitrogens with one attached hydrogen (secondary N) is 3. The highest BCUT2D eigenvalue weighted by atomic mass is 19.4. The smallest absolute Gasteiger partial charge is 0.344 e. The molecule has 9 nitrogen and oxygen atoms in total. The van der Waals surface area contributed by atoms with E-state index in [-0.39, 0.29) is 31.3 Å². The van der Waals surface area contributed by atoms with E-state index in [1.807, 2.05) is 7.05 Å². The molecule has 0 saturated carbocycles. The van der Waals surface area contributed by atoms with Gasteiger partial charge in [0.2, 0.25) is 11.8 Å². The molecule has 0 bridgehead atoms. The van der Waals surface area contributed by atoms with Crippen molar-refractivity contribution in [1.29, 1.82) is 0 Å². The summed E-state index contributed by atoms with van der Waals surface area (Å²) in [6, 6.07) is 4.30. The third kappa shape index (κ3) is 7.93. The number of nitrogens with zero attached hydrogens (tertiary/aromatic N) is 2. The largest absolute Gasteiger partial charge is 0.452 e. The van der Waals surface area contributed by atoms with E-state index >= 15 is 0 Å². The molecule has 3 N–H and O–H groups in total. The number of urea groups is 1. The summed E-state index contributed by atoms with van der Waals surface area (Å²) in [4.78, 5) is 54.8. The highest BCUT2D eigenvalue weighted by molar-refractivity contribution is 5.96. The average Bonchev–Trinajstić information content (AvgIpc) is 3.40. The number of halogens is 3. The molecule has 2 heterocycles. The molecule has 0 spiro atoms. The number of benzene rings is 1. The zero-order valence-corrected chi connectivity index (χ0v) is 22.6. The molecule has 3 unspecified atom stereocenters. The van der Waals surface area contributed by atoms with E-state index < -0.39 is 41.9 Å². The van der Waals surface area contributed by atoms with Crippen LogP contribution in [-0.2, 0) is 20.8 Å². The lowest BCUT2D eigenvalue weighted by atomic mass is 10.0. The van der Waals surface area contributed by atoms with Crippen LogP contribution in [0.25, 0.3) is 0 Å². The molecule has 2 aliphatic heterocycles. The Hall–Kier alpha value is -3.15. The number of alkyl halides is 3. The van der Waals surface area contributed by atoms with Gasteiger partial charge in [-0.15, -0.1) is 0 Å². The van der Waals surface area contributed by atoms with E-state index in [0.717, 1.165) is 12.8 Å². The van der Waals surface area contributed by atoms with Crippen LogP contribution in [0.4, 0.5) is 18.0 Å². The molecule has 1 aromatic carbocycles. The van der Waals surface area contributed by atoms with E-state index in [9.17, 15) is 32.3 Å². The van der Waals surface area contributed by atoms with Gasteiger partial charge < -0.3 is 25.8 Å². The summed E-state index contributed by atoms with van der Waals surface area (Å²) in [7, 11) is 1.87. The molecular weight excluding hydrogens is 515 g/mol. The molecule has 2 saturated heterocycles. The quantitative estimate of drug-likeness (QED) is 0.435. The van der Waals surface area contributed by atoms with Crippen LogP contribution in [0.2, 0.25) is 0 Å². The molecular formula is C27H38F3N5O4. The molecule has 0 aromatic heterocycles. The minimum Gasteiger partial charge on any atom is -0.344 e. The monoisotopic (exact) mass is 553 g/mol. The van der Waals surface area contributed by atoms with Gasteiger partial charge in [-0.2, -0.15) is 13.2 Å². The maximum Gasteiger partial charge on any atom is 0.452 e. The highest BCUT2D eigenvalue weighted by Gasteiger charge is 2.46. The van der Waals surface area contributed by atoms with Crippen LogP contribution < -0.4 is 16.0 Å². The Balaban J connectivity index is 1.70. The number of rotatable bonds is 9. The molecule has 4 amide bonds. The second-order valence-corrected chi connectivity index (χ2v) is 10.5. The Morgan fingerprint density at radius 3 is 2.18 bits per heavy atom. The van der Waals surface area contributed by atoms with Gasteiger partial charge in [0, 0.05) is 32.1 Å². The second-order valence-electron chi connectivity index (χ2n) is 10.5. The molecule has 3 rings (SSSR count). The van der Waals surface area contributed by atoms with Gasteiger partial charge in [0.05, 0.1) is 0 Å². The van der Waals surface area contributed by atoms with Gasteiger partial charge in [-0.3, -0.25) is 14.4 Å². The fraction of sp³-hybridized carbons (Fsp3) is 0.630. The van der Waals surface area contributed by atoms with Crippen molar-refractivity contribution in [3.05, 3.63) is 35.9 Å². The fourth-order valence-electron chi connectivity index (χ4n) is 5.12. The predicted molar refractivity (Wildman–Crippen MR) is 139 cm³/mol. The summed E-state index contributed by atoms with van der Waals surface area (Å²) in [6.07, 6.45) is -3.17. The highest BCUT2D eigenvalue weighted by Crippen LogP contribution is 2.23. The number of hydrogen-bond acceptors (Lipinski definition) is 5. The maximum absolute atomic E-state index is 13.5. The first kappa shape index (κ1) is 30.4. The summed E-state index contributed by atoms with van der Waals surface area (Å²) in [5.74, 6) is -3.63. The number of piperidine rings is 1. The van der Waals surface area contributed by atoms with Gasteiger partial charge >= 0.3 is 12.2 Å². The molecule has 3 atom stereocenters. The lowest BCUT2D eigenvalue weighted by Crippen LogP contribution is -2.59. The lowest BCUT2D eigenvalue weighted by molar-refractivity contribution is -0.173. The first-order valence-electron chi connectivity index (χ1n) is 13.4. The van der Waals surface area contributed by atoms with Crippen molar-refractivity contribution in [1.82, 2.24) is 25.8 Å². The van der Waals surface area contributed by atoms with Crippen LogP contribution in [0.1, 0.15) is 45.1 Å².